The van der Waals surface area contributed by atoms with Crippen LogP contribution in [0.1, 0.15) is 115 Å². The lowest BCUT2D eigenvalue weighted by atomic mass is 10.0. The first-order valence-corrected chi connectivity index (χ1v) is 20.4. The number of ether oxygens (including phenoxy) is 3. The van der Waals surface area contributed by atoms with Gasteiger partial charge in [0.15, 0.2) is 29.7 Å². The number of aliphatic imine (C=N–C) groups is 2. The molecule has 1 aromatic carbocycles. The highest BCUT2D eigenvalue weighted by molar-refractivity contribution is 7.53. The normalized spacial score (nSPS) is 18.2. The van der Waals surface area contributed by atoms with E-state index >= 15 is 0 Å². The number of fused-ring (bicyclic) bond motifs is 1. The third-order valence-electron chi connectivity index (χ3n) is 8.83. The van der Waals surface area contributed by atoms with Crippen molar-refractivity contribution in [2.45, 2.75) is 128 Å². The molecule has 0 saturated carbocycles. The number of nitrogens with one attached hydrogen (secondary N) is 1. The number of unbranched alkanes of at least 4 members (excludes halogenated alkanes) is 15. The number of rotatable bonds is 30. The fourth-order valence-electron chi connectivity index (χ4n) is 5.92. The maximum absolute atomic E-state index is 14.2. The molecular weight excluding hydrogens is 664 g/mol. The molecule has 50 heavy (non-hydrogen) atoms. The van der Waals surface area contributed by atoms with Crippen molar-refractivity contribution in [3.8, 4) is 5.75 Å². The zero-order valence-corrected chi connectivity index (χ0v) is 31.2. The Morgan fingerprint density at radius 3 is 2.12 bits per heavy atom. The van der Waals surface area contributed by atoms with Crippen LogP contribution in [0.15, 0.2) is 28.2 Å². The molecule has 284 valence electrons. The highest BCUT2D eigenvalue weighted by atomic mass is 31.2. The number of halogens is 1. The zero-order chi connectivity index (χ0) is 35.9. The molecule has 1 amide bonds. The van der Waals surface area contributed by atoms with Gasteiger partial charge < -0.3 is 33.9 Å². The van der Waals surface area contributed by atoms with Crippen LogP contribution in [0.2, 0.25) is 0 Å². The molecule has 0 aromatic heterocycles. The van der Waals surface area contributed by atoms with Crippen LogP contribution in [-0.2, 0) is 34.5 Å². The van der Waals surface area contributed by atoms with Gasteiger partial charge in [-0.25, -0.2) is 9.38 Å². The Morgan fingerprint density at radius 2 is 1.50 bits per heavy atom. The first kappa shape index (κ1) is 41.8. The van der Waals surface area contributed by atoms with E-state index in [4.69, 9.17) is 29.0 Å². The molecule has 2 aliphatic rings. The van der Waals surface area contributed by atoms with Gasteiger partial charge in [0, 0.05) is 13.2 Å². The number of guanidine groups is 1. The van der Waals surface area contributed by atoms with Crippen molar-refractivity contribution in [1.29, 1.82) is 0 Å². The van der Waals surface area contributed by atoms with Crippen molar-refractivity contribution in [3.05, 3.63) is 29.6 Å². The molecule has 0 aliphatic carbocycles. The van der Waals surface area contributed by atoms with Crippen LogP contribution in [0.25, 0.3) is 0 Å². The summed E-state index contributed by atoms with van der Waals surface area (Å²) in [4.78, 5) is 22.3. The fourth-order valence-corrected chi connectivity index (χ4v) is 7.19. The van der Waals surface area contributed by atoms with Crippen molar-refractivity contribution in [1.82, 2.24) is 10.2 Å². The number of amides is 1. The van der Waals surface area contributed by atoms with Gasteiger partial charge in [0.25, 0.3) is 5.91 Å². The monoisotopic (exact) mass is 725 g/mol. The van der Waals surface area contributed by atoms with Gasteiger partial charge in [0.05, 0.1) is 39.9 Å². The van der Waals surface area contributed by atoms with Crippen LogP contribution in [0.5, 0.6) is 5.75 Å². The fraction of sp³-hybridized carbons (Fsp3) is 0.750. The van der Waals surface area contributed by atoms with E-state index in [2.05, 4.69) is 22.2 Å². The molecule has 0 fully saturated rings. The molecule has 3 N–H and O–H groups in total. The minimum absolute atomic E-state index is 0.0333. The van der Waals surface area contributed by atoms with Crippen LogP contribution in [-0.4, -0.2) is 81.7 Å². The predicted molar refractivity (Wildman–Crippen MR) is 195 cm³/mol. The van der Waals surface area contributed by atoms with Gasteiger partial charge in [-0.1, -0.05) is 109 Å². The third-order valence-corrected chi connectivity index (χ3v) is 10.4. The van der Waals surface area contributed by atoms with Gasteiger partial charge in [-0.05, 0) is 24.1 Å². The molecule has 14 heteroatoms. The SMILES string of the molecule is CCCCCCCCCCCCCCCCCCOCCOP(=O)(COCCN1C=NC2C(=O)NC(N)=NC21)OCc1ccc(OC)c(F)c1. The summed E-state index contributed by atoms with van der Waals surface area (Å²) >= 11 is 0. The Bertz CT molecular complexity index is 1220. The minimum Gasteiger partial charge on any atom is -0.494 e. The van der Waals surface area contributed by atoms with Crippen LogP contribution in [0.4, 0.5) is 4.39 Å². The van der Waals surface area contributed by atoms with E-state index in [1.54, 1.807) is 11.0 Å². The summed E-state index contributed by atoms with van der Waals surface area (Å²) in [6.07, 6.45) is 21.7. The second kappa shape index (κ2) is 24.6. The lowest BCUT2D eigenvalue weighted by molar-refractivity contribution is -0.122. The third kappa shape index (κ3) is 16.2. The minimum atomic E-state index is -3.74. The van der Waals surface area contributed by atoms with E-state index in [9.17, 15) is 13.8 Å². The Morgan fingerprint density at radius 1 is 0.860 bits per heavy atom. The molecule has 12 nitrogen and oxygen atoms in total. The van der Waals surface area contributed by atoms with Crippen molar-refractivity contribution < 1.29 is 37.0 Å². The summed E-state index contributed by atoms with van der Waals surface area (Å²) in [6, 6.07) is 3.70. The number of hydrogen-bond acceptors (Lipinski definition) is 11. The van der Waals surface area contributed by atoms with Crippen LogP contribution < -0.4 is 15.8 Å². The maximum Gasteiger partial charge on any atom is 0.356 e. The summed E-state index contributed by atoms with van der Waals surface area (Å²) in [6.45, 7) is 3.51. The van der Waals surface area contributed by atoms with Gasteiger partial charge >= 0.3 is 7.60 Å². The standard InChI is InChI=1S/C36H61FN5O7P/c1-3-4-5-6-7-8-9-10-11-12-13-14-15-16-17-18-22-46-24-25-48-50(44,49-27-30-19-20-32(45-2)31(37)26-30)29-47-23-21-42-28-39-33-34(42)40-36(38)41-35(33)43/h19-20,26,28,33-34H,3-18,21-25,27,29H2,1-2H3,(H3,38,40,41,43). The lowest BCUT2D eigenvalue weighted by Crippen LogP contribution is -2.54. The van der Waals surface area contributed by atoms with Gasteiger partial charge in [-0.15, -0.1) is 0 Å². The average molecular weight is 726 g/mol. The van der Waals surface area contributed by atoms with Crippen molar-refractivity contribution >= 4 is 25.8 Å². The summed E-state index contributed by atoms with van der Waals surface area (Å²) < 4.78 is 55.6. The number of benzene rings is 1. The largest absolute Gasteiger partial charge is 0.494 e. The van der Waals surface area contributed by atoms with Crippen LogP contribution in [0.3, 0.4) is 0 Å². The molecule has 0 saturated heterocycles. The van der Waals surface area contributed by atoms with Gasteiger partial charge in [0.2, 0.25) is 0 Å². The van der Waals surface area contributed by atoms with Crippen molar-refractivity contribution in [2.75, 3.05) is 46.4 Å². The average Bonchev–Trinajstić information content (AvgIpc) is 3.51. The molecule has 3 rings (SSSR count). The number of nitrogens with zero attached hydrogens (tertiary/aromatic N) is 3. The second-order valence-corrected chi connectivity index (χ2v) is 15.0. The number of nitrogens with two attached hydrogens (primary N) is 1. The summed E-state index contributed by atoms with van der Waals surface area (Å²) in [7, 11) is -2.36. The van der Waals surface area contributed by atoms with Crippen LogP contribution >= 0.6 is 7.60 Å². The van der Waals surface area contributed by atoms with E-state index in [0.717, 1.165) is 12.8 Å². The molecule has 0 bridgehead atoms. The Hall–Kier alpha value is -2.57. The first-order valence-electron chi connectivity index (χ1n) is 18.6. The quantitative estimate of drug-likeness (QED) is 0.0616. The van der Waals surface area contributed by atoms with Crippen LogP contribution in [0, 0.1) is 5.82 Å². The molecule has 2 heterocycles. The Labute approximate surface area is 298 Å². The number of methoxy groups -OCH3 is 1. The number of carbonyl (C=O) groups is 1. The predicted octanol–water partition coefficient (Wildman–Crippen LogP) is 7.30. The molecule has 1 aromatic rings. The van der Waals surface area contributed by atoms with E-state index in [1.807, 2.05) is 0 Å². The highest BCUT2D eigenvalue weighted by Crippen LogP contribution is 2.49. The topological polar surface area (TPSA) is 146 Å². The van der Waals surface area contributed by atoms with Gasteiger partial charge in [-0.3, -0.25) is 19.7 Å². The number of carbonyl (C=O) groups excluding carboxylic acids is 1. The van der Waals surface area contributed by atoms with E-state index < -0.39 is 25.6 Å². The summed E-state index contributed by atoms with van der Waals surface area (Å²) in [5.74, 6) is -0.730. The summed E-state index contributed by atoms with van der Waals surface area (Å²) in [5.41, 5.74) is 6.17. The molecule has 0 spiro atoms. The zero-order valence-electron chi connectivity index (χ0n) is 30.3. The van der Waals surface area contributed by atoms with E-state index in [-0.39, 0.29) is 50.4 Å². The van der Waals surface area contributed by atoms with Crippen molar-refractivity contribution in [2.24, 2.45) is 15.7 Å². The van der Waals surface area contributed by atoms with E-state index in [0.29, 0.717) is 18.7 Å². The Balaban J connectivity index is 1.27. The summed E-state index contributed by atoms with van der Waals surface area (Å²) in [5, 5.41) is 2.46. The lowest BCUT2D eigenvalue weighted by Gasteiger charge is -2.27. The molecule has 3 atom stereocenters. The van der Waals surface area contributed by atoms with Gasteiger partial charge in [0.1, 0.15) is 6.35 Å². The van der Waals surface area contributed by atoms with Gasteiger partial charge in [-0.2, -0.15) is 0 Å². The maximum atomic E-state index is 14.2. The molecular formula is C36H61FN5O7P. The highest BCUT2D eigenvalue weighted by Gasteiger charge is 2.39. The number of hydrogen-bond donors (Lipinski definition) is 2. The smallest absolute Gasteiger partial charge is 0.356 e. The van der Waals surface area contributed by atoms with E-state index in [1.165, 1.54) is 115 Å². The molecule has 0 radical (unpaired) electrons. The second-order valence-electron chi connectivity index (χ2n) is 13.0. The Kier molecular flexibility index (Phi) is 20.6. The first-order chi connectivity index (χ1) is 24.3. The molecule has 2 aliphatic heterocycles. The van der Waals surface area contributed by atoms with Crippen molar-refractivity contribution in [3.63, 3.8) is 0 Å². The molecule has 3 unspecified atom stereocenters.